The van der Waals surface area contributed by atoms with E-state index in [1.165, 1.54) is 25.7 Å². The van der Waals surface area contributed by atoms with Crippen molar-refractivity contribution in [1.82, 2.24) is 9.97 Å². The van der Waals surface area contributed by atoms with Crippen LogP contribution in [0.1, 0.15) is 25.7 Å². The number of aromatic nitrogens is 2. The van der Waals surface area contributed by atoms with E-state index >= 15 is 0 Å². The van der Waals surface area contributed by atoms with Crippen LogP contribution in [0.25, 0.3) is 10.9 Å². The summed E-state index contributed by atoms with van der Waals surface area (Å²) in [4.78, 5) is 9.06. The molecule has 1 N–H and O–H groups in total. The summed E-state index contributed by atoms with van der Waals surface area (Å²) >= 11 is 0. The van der Waals surface area contributed by atoms with Crippen LogP contribution >= 0.6 is 0 Å². The second-order valence-electron chi connectivity index (χ2n) is 5.60. The summed E-state index contributed by atoms with van der Waals surface area (Å²) in [6.45, 7) is 0. The average molecular weight is 239 g/mol. The van der Waals surface area contributed by atoms with E-state index in [1.54, 1.807) is 0 Å². The van der Waals surface area contributed by atoms with Gasteiger partial charge in [-0.2, -0.15) is 0 Å². The summed E-state index contributed by atoms with van der Waals surface area (Å²) in [7, 11) is 0. The number of rotatable bonds is 4. The van der Waals surface area contributed by atoms with Crippen molar-refractivity contribution in [2.45, 2.75) is 31.7 Å². The van der Waals surface area contributed by atoms with Gasteiger partial charge < -0.3 is 5.32 Å². The highest BCUT2D eigenvalue weighted by Crippen LogP contribution is 2.45. The third kappa shape index (κ3) is 1.94. The summed E-state index contributed by atoms with van der Waals surface area (Å²) in [5, 5.41) is 4.68. The summed E-state index contributed by atoms with van der Waals surface area (Å²) in [6.07, 6.45) is 7.43. The number of hydrogen-bond acceptors (Lipinski definition) is 3. The lowest BCUT2D eigenvalue weighted by molar-refractivity contribution is 0.563. The number of benzene rings is 1. The number of nitrogens with one attached hydrogen (secondary N) is 1. The Balaban J connectivity index is 1.61. The van der Waals surface area contributed by atoms with Crippen molar-refractivity contribution < 1.29 is 0 Å². The molecule has 2 aromatic rings. The minimum Gasteiger partial charge on any atom is -0.351 e. The van der Waals surface area contributed by atoms with E-state index in [4.69, 9.17) is 0 Å². The first-order chi connectivity index (χ1) is 8.90. The zero-order chi connectivity index (χ0) is 11.9. The van der Waals surface area contributed by atoms with Crippen molar-refractivity contribution in [2.75, 3.05) is 5.32 Å². The zero-order valence-corrected chi connectivity index (χ0v) is 10.3. The molecule has 1 heterocycles. The smallest absolute Gasteiger partial charge is 0.223 e. The fraction of sp³-hybridized carbons (Fsp3) is 0.467. The first-order valence-electron chi connectivity index (χ1n) is 6.88. The van der Waals surface area contributed by atoms with Crippen molar-refractivity contribution in [1.29, 1.82) is 0 Å². The molecule has 1 aromatic carbocycles. The second kappa shape index (κ2) is 3.94. The van der Waals surface area contributed by atoms with Gasteiger partial charge in [0.1, 0.15) is 0 Å². The van der Waals surface area contributed by atoms with Gasteiger partial charge in [-0.3, -0.25) is 0 Å². The zero-order valence-electron chi connectivity index (χ0n) is 10.3. The third-order valence-electron chi connectivity index (χ3n) is 4.04. The summed E-state index contributed by atoms with van der Waals surface area (Å²) in [6, 6.07) is 8.77. The van der Waals surface area contributed by atoms with Crippen LogP contribution in [0.2, 0.25) is 0 Å². The molecule has 0 saturated heterocycles. The Labute approximate surface area is 107 Å². The molecule has 3 heteroatoms. The highest BCUT2D eigenvalue weighted by atomic mass is 15.1. The van der Waals surface area contributed by atoms with Gasteiger partial charge in [0, 0.05) is 17.6 Å². The quantitative estimate of drug-likeness (QED) is 0.890. The Morgan fingerprint density at radius 3 is 2.50 bits per heavy atom. The lowest BCUT2D eigenvalue weighted by Crippen LogP contribution is -2.25. The molecule has 2 aliphatic rings. The molecule has 2 aliphatic carbocycles. The SMILES string of the molecule is c1ccc2nc(NC(C3CC3)C3CC3)ncc2c1. The van der Waals surface area contributed by atoms with E-state index in [-0.39, 0.29) is 0 Å². The normalized spacial score (nSPS) is 19.4. The predicted molar refractivity (Wildman–Crippen MR) is 72.4 cm³/mol. The maximum absolute atomic E-state index is 4.61. The fourth-order valence-electron chi connectivity index (χ4n) is 2.72. The van der Waals surface area contributed by atoms with Crippen LogP contribution in [0.4, 0.5) is 5.95 Å². The van der Waals surface area contributed by atoms with Crippen LogP contribution in [-0.2, 0) is 0 Å². The lowest BCUT2D eigenvalue weighted by atomic mass is 10.1. The first kappa shape index (κ1) is 10.3. The molecule has 0 atom stereocenters. The maximum atomic E-state index is 4.61. The summed E-state index contributed by atoms with van der Waals surface area (Å²) < 4.78 is 0. The molecular weight excluding hydrogens is 222 g/mol. The molecule has 2 saturated carbocycles. The van der Waals surface area contributed by atoms with Crippen LogP contribution in [0.15, 0.2) is 30.5 Å². The lowest BCUT2D eigenvalue weighted by Gasteiger charge is -2.17. The first-order valence-corrected chi connectivity index (χ1v) is 6.88. The van der Waals surface area contributed by atoms with E-state index in [9.17, 15) is 0 Å². The van der Waals surface area contributed by atoms with Gasteiger partial charge >= 0.3 is 0 Å². The Morgan fingerprint density at radius 2 is 1.78 bits per heavy atom. The molecule has 4 rings (SSSR count). The van der Waals surface area contributed by atoms with Crippen LogP contribution in [0.3, 0.4) is 0 Å². The monoisotopic (exact) mass is 239 g/mol. The van der Waals surface area contributed by atoms with E-state index in [2.05, 4.69) is 21.4 Å². The van der Waals surface area contributed by atoms with E-state index in [0.29, 0.717) is 6.04 Å². The minimum atomic E-state index is 0.617. The summed E-state index contributed by atoms with van der Waals surface area (Å²) in [5.41, 5.74) is 1.03. The minimum absolute atomic E-state index is 0.617. The Kier molecular flexibility index (Phi) is 2.25. The molecule has 3 nitrogen and oxygen atoms in total. The topological polar surface area (TPSA) is 37.8 Å². The van der Waals surface area contributed by atoms with Gasteiger partial charge in [0.15, 0.2) is 0 Å². The van der Waals surface area contributed by atoms with Crippen LogP contribution in [-0.4, -0.2) is 16.0 Å². The molecule has 0 bridgehead atoms. The summed E-state index contributed by atoms with van der Waals surface area (Å²) in [5.74, 6) is 2.54. The van der Waals surface area contributed by atoms with Crippen LogP contribution < -0.4 is 5.32 Å². The maximum Gasteiger partial charge on any atom is 0.223 e. The molecule has 1 aromatic heterocycles. The van der Waals surface area contributed by atoms with Gasteiger partial charge in [0.05, 0.1) is 5.52 Å². The van der Waals surface area contributed by atoms with Crippen LogP contribution in [0.5, 0.6) is 0 Å². The van der Waals surface area contributed by atoms with Crippen molar-refractivity contribution in [3.63, 3.8) is 0 Å². The van der Waals surface area contributed by atoms with Crippen molar-refractivity contribution in [3.8, 4) is 0 Å². The number of anilines is 1. The number of hydrogen-bond donors (Lipinski definition) is 1. The largest absolute Gasteiger partial charge is 0.351 e. The molecular formula is C15H17N3. The van der Waals surface area contributed by atoms with Gasteiger partial charge in [0.25, 0.3) is 0 Å². The van der Waals surface area contributed by atoms with Gasteiger partial charge in [-0.15, -0.1) is 0 Å². The van der Waals surface area contributed by atoms with Gasteiger partial charge in [-0.25, -0.2) is 9.97 Å². The highest BCUT2D eigenvalue weighted by molar-refractivity contribution is 5.78. The molecule has 92 valence electrons. The number of nitrogens with zero attached hydrogens (tertiary/aromatic N) is 2. The number of para-hydroxylation sites is 1. The molecule has 0 unspecified atom stereocenters. The Morgan fingerprint density at radius 1 is 1.06 bits per heavy atom. The van der Waals surface area contributed by atoms with Gasteiger partial charge in [-0.1, -0.05) is 18.2 Å². The molecule has 0 aliphatic heterocycles. The molecule has 0 amide bonds. The van der Waals surface area contributed by atoms with Gasteiger partial charge in [0.2, 0.25) is 5.95 Å². The fourth-order valence-corrected chi connectivity index (χ4v) is 2.72. The van der Waals surface area contributed by atoms with Crippen molar-refractivity contribution >= 4 is 16.9 Å². The second-order valence-corrected chi connectivity index (χ2v) is 5.60. The molecule has 0 radical (unpaired) electrons. The van der Waals surface area contributed by atoms with Crippen LogP contribution in [0, 0.1) is 11.8 Å². The van der Waals surface area contributed by atoms with E-state index in [1.807, 2.05) is 24.4 Å². The Bertz CT molecular complexity index is 561. The van der Waals surface area contributed by atoms with E-state index in [0.717, 1.165) is 28.7 Å². The van der Waals surface area contributed by atoms with E-state index < -0.39 is 0 Å². The Hall–Kier alpha value is -1.64. The molecule has 0 spiro atoms. The molecule has 18 heavy (non-hydrogen) atoms. The predicted octanol–water partition coefficient (Wildman–Crippen LogP) is 3.23. The standard InChI is InChI=1S/C15H17N3/c1-2-4-13-12(3-1)9-16-15(17-13)18-14(10-5-6-10)11-7-8-11/h1-4,9-11,14H,5-8H2,(H,16,17,18). The average Bonchev–Trinajstić information content (AvgIpc) is 3.29. The van der Waals surface area contributed by atoms with Crippen molar-refractivity contribution in [2.24, 2.45) is 11.8 Å². The van der Waals surface area contributed by atoms with Gasteiger partial charge in [-0.05, 0) is 43.6 Å². The highest BCUT2D eigenvalue weighted by Gasteiger charge is 2.41. The number of fused-ring (bicyclic) bond motifs is 1. The van der Waals surface area contributed by atoms with Crippen molar-refractivity contribution in [3.05, 3.63) is 30.5 Å². The molecule has 2 fully saturated rings. The third-order valence-corrected chi connectivity index (χ3v) is 4.04.